The Hall–Kier alpha value is -0.510. The van der Waals surface area contributed by atoms with E-state index in [9.17, 15) is 5.11 Å². The number of halogens is 2. The number of aryl methyl sites for hydroxylation is 1. The van der Waals surface area contributed by atoms with Gasteiger partial charge in [0.1, 0.15) is 5.75 Å². The average Bonchev–Trinajstić information content (AvgIpc) is 2.30. The molecule has 0 aliphatic rings. The first kappa shape index (κ1) is 14.6. The first-order valence-electron chi connectivity index (χ1n) is 5.58. The number of aromatic nitrogens is 1. The van der Waals surface area contributed by atoms with Crippen molar-refractivity contribution in [3.05, 3.63) is 23.0 Å². The van der Waals surface area contributed by atoms with E-state index in [2.05, 4.69) is 9.88 Å². The molecule has 0 radical (unpaired) electrons. The van der Waals surface area contributed by atoms with Gasteiger partial charge < -0.3 is 5.11 Å². The Morgan fingerprint density at radius 3 is 2.35 bits per heavy atom. The molecule has 0 amide bonds. The van der Waals surface area contributed by atoms with Gasteiger partial charge in [-0.25, -0.2) is 0 Å². The minimum atomic E-state index is 0.277. The molecule has 0 aliphatic heterocycles. The molecular formula is C12H18Cl2N2O. The van der Waals surface area contributed by atoms with Gasteiger partial charge in [0.2, 0.25) is 0 Å². The van der Waals surface area contributed by atoms with E-state index >= 15 is 0 Å². The molecule has 17 heavy (non-hydrogen) atoms. The highest BCUT2D eigenvalue weighted by Gasteiger charge is 2.11. The predicted molar refractivity (Wildman–Crippen MR) is 72.1 cm³/mol. The van der Waals surface area contributed by atoms with E-state index in [-0.39, 0.29) is 5.75 Å². The predicted octanol–water partition coefficient (Wildman–Crippen LogP) is 2.68. The molecule has 1 heterocycles. The first-order valence-corrected chi connectivity index (χ1v) is 6.65. The standard InChI is InChI=1S/C12H18Cl2N2O/c1-9-11(7-15-10(2)12(9)17)8-16(5-3-13)6-4-14/h7,17H,3-6,8H2,1-2H3. The lowest BCUT2D eigenvalue weighted by molar-refractivity contribution is 0.297. The topological polar surface area (TPSA) is 36.4 Å². The van der Waals surface area contributed by atoms with E-state index in [0.717, 1.165) is 24.2 Å². The van der Waals surface area contributed by atoms with Gasteiger partial charge in [0.25, 0.3) is 0 Å². The Bertz CT molecular complexity index is 366. The van der Waals surface area contributed by atoms with Crippen molar-refractivity contribution in [2.75, 3.05) is 24.8 Å². The van der Waals surface area contributed by atoms with Gasteiger partial charge in [-0.2, -0.15) is 0 Å². The minimum absolute atomic E-state index is 0.277. The van der Waals surface area contributed by atoms with Crippen LogP contribution in [0, 0.1) is 13.8 Å². The van der Waals surface area contributed by atoms with Crippen molar-refractivity contribution in [2.45, 2.75) is 20.4 Å². The maximum Gasteiger partial charge on any atom is 0.139 e. The van der Waals surface area contributed by atoms with Gasteiger partial charge in [-0.1, -0.05) is 0 Å². The van der Waals surface area contributed by atoms with Gasteiger partial charge in [-0.15, -0.1) is 23.2 Å². The van der Waals surface area contributed by atoms with Crippen LogP contribution < -0.4 is 0 Å². The molecule has 0 bridgehead atoms. The number of alkyl halides is 2. The largest absolute Gasteiger partial charge is 0.506 e. The van der Waals surface area contributed by atoms with E-state index in [4.69, 9.17) is 23.2 Å². The SMILES string of the molecule is Cc1ncc(CN(CCCl)CCCl)c(C)c1O. The molecule has 3 nitrogen and oxygen atoms in total. The summed E-state index contributed by atoms with van der Waals surface area (Å²) < 4.78 is 0. The molecule has 0 saturated carbocycles. The molecule has 1 aromatic heterocycles. The fourth-order valence-electron chi connectivity index (χ4n) is 1.67. The maximum atomic E-state index is 9.83. The van der Waals surface area contributed by atoms with Crippen LogP contribution in [-0.4, -0.2) is 39.8 Å². The number of rotatable bonds is 6. The molecule has 1 rings (SSSR count). The second kappa shape index (κ2) is 7.04. The van der Waals surface area contributed by atoms with Gasteiger partial charge in [-0.3, -0.25) is 9.88 Å². The monoisotopic (exact) mass is 276 g/mol. The lowest BCUT2D eigenvalue weighted by atomic mass is 10.1. The zero-order valence-electron chi connectivity index (χ0n) is 10.2. The van der Waals surface area contributed by atoms with Crippen LogP contribution in [0.5, 0.6) is 5.75 Å². The Kier molecular flexibility index (Phi) is 6.03. The normalized spacial score (nSPS) is 11.1. The summed E-state index contributed by atoms with van der Waals surface area (Å²) >= 11 is 11.5. The van der Waals surface area contributed by atoms with Gasteiger partial charge in [0.05, 0.1) is 5.69 Å². The Labute approximate surface area is 112 Å². The Morgan fingerprint density at radius 2 is 1.82 bits per heavy atom. The molecular weight excluding hydrogens is 259 g/mol. The number of nitrogens with zero attached hydrogens (tertiary/aromatic N) is 2. The highest BCUT2D eigenvalue weighted by atomic mass is 35.5. The molecule has 1 aromatic rings. The second-order valence-corrected chi connectivity index (χ2v) is 4.75. The molecule has 5 heteroatoms. The number of hydrogen-bond donors (Lipinski definition) is 1. The summed E-state index contributed by atoms with van der Waals surface area (Å²) in [5.74, 6) is 1.42. The third kappa shape index (κ3) is 4.02. The van der Waals surface area contributed by atoms with E-state index in [0.29, 0.717) is 24.0 Å². The number of hydrogen-bond acceptors (Lipinski definition) is 3. The van der Waals surface area contributed by atoms with E-state index < -0.39 is 0 Å². The van der Waals surface area contributed by atoms with Crippen molar-refractivity contribution in [3.63, 3.8) is 0 Å². The second-order valence-electron chi connectivity index (χ2n) is 4.00. The van der Waals surface area contributed by atoms with E-state index in [1.807, 2.05) is 6.92 Å². The molecule has 96 valence electrons. The lowest BCUT2D eigenvalue weighted by Gasteiger charge is -2.21. The molecule has 0 spiro atoms. The zero-order chi connectivity index (χ0) is 12.8. The molecule has 1 N–H and O–H groups in total. The van der Waals surface area contributed by atoms with Crippen LogP contribution >= 0.6 is 23.2 Å². The summed E-state index contributed by atoms with van der Waals surface area (Å²) in [5, 5.41) is 9.83. The lowest BCUT2D eigenvalue weighted by Crippen LogP contribution is -2.27. The van der Waals surface area contributed by atoms with Crippen molar-refractivity contribution in [3.8, 4) is 5.75 Å². The quantitative estimate of drug-likeness (QED) is 0.812. The van der Waals surface area contributed by atoms with Crippen molar-refractivity contribution < 1.29 is 5.11 Å². The molecule has 0 saturated heterocycles. The van der Waals surface area contributed by atoms with Crippen LogP contribution in [0.2, 0.25) is 0 Å². The highest BCUT2D eigenvalue weighted by molar-refractivity contribution is 6.18. The molecule has 0 aliphatic carbocycles. The molecule has 0 unspecified atom stereocenters. The maximum absolute atomic E-state index is 9.83. The average molecular weight is 277 g/mol. The van der Waals surface area contributed by atoms with Crippen molar-refractivity contribution in [1.82, 2.24) is 9.88 Å². The molecule has 0 fully saturated rings. The van der Waals surface area contributed by atoms with E-state index in [1.165, 1.54) is 0 Å². The van der Waals surface area contributed by atoms with Gasteiger partial charge >= 0.3 is 0 Å². The van der Waals surface area contributed by atoms with E-state index in [1.54, 1.807) is 13.1 Å². The van der Waals surface area contributed by atoms with Crippen LogP contribution in [0.4, 0.5) is 0 Å². The molecule has 0 aromatic carbocycles. The van der Waals surface area contributed by atoms with Gasteiger partial charge in [0, 0.05) is 37.6 Å². The summed E-state index contributed by atoms with van der Waals surface area (Å²) in [7, 11) is 0. The number of aromatic hydroxyl groups is 1. The van der Waals surface area contributed by atoms with Crippen LogP contribution in [0.3, 0.4) is 0 Å². The highest BCUT2D eigenvalue weighted by Crippen LogP contribution is 2.23. The third-order valence-electron chi connectivity index (χ3n) is 2.79. The fraction of sp³-hybridized carbons (Fsp3) is 0.583. The van der Waals surface area contributed by atoms with Crippen molar-refractivity contribution in [1.29, 1.82) is 0 Å². The van der Waals surface area contributed by atoms with Crippen LogP contribution in [0.1, 0.15) is 16.8 Å². The smallest absolute Gasteiger partial charge is 0.139 e. The van der Waals surface area contributed by atoms with Crippen LogP contribution in [-0.2, 0) is 6.54 Å². The summed E-state index contributed by atoms with van der Waals surface area (Å²) in [4.78, 5) is 6.32. The minimum Gasteiger partial charge on any atom is -0.506 e. The van der Waals surface area contributed by atoms with Gasteiger partial charge in [-0.05, 0) is 25.0 Å². The molecule has 0 atom stereocenters. The summed E-state index contributed by atoms with van der Waals surface area (Å²) in [5.41, 5.74) is 2.56. The first-order chi connectivity index (χ1) is 8.10. The van der Waals surface area contributed by atoms with Crippen molar-refractivity contribution >= 4 is 23.2 Å². The third-order valence-corrected chi connectivity index (χ3v) is 3.13. The fourth-order valence-corrected chi connectivity index (χ4v) is 2.14. The summed E-state index contributed by atoms with van der Waals surface area (Å²) in [6.07, 6.45) is 1.81. The summed E-state index contributed by atoms with van der Waals surface area (Å²) in [6.45, 7) is 5.97. The Morgan fingerprint density at radius 1 is 1.24 bits per heavy atom. The van der Waals surface area contributed by atoms with Crippen LogP contribution in [0.15, 0.2) is 6.20 Å². The van der Waals surface area contributed by atoms with Crippen LogP contribution in [0.25, 0.3) is 0 Å². The van der Waals surface area contributed by atoms with Gasteiger partial charge in [0.15, 0.2) is 0 Å². The number of pyridine rings is 1. The van der Waals surface area contributed by atoms with Crippen molar-refractivity contribution in [2.24, 2.45) is 0 Å². The Balaban J connectivity index is 2.82. The summed E-state index contributed by atoms with van der Waals surface area (Å²) in [6, 6.07) is 0. The zero-order valence-corrected chi connectivity index (χ0v) is 11.7.